The van der Waals surface area contributed by atoms with Gasteiger partial charge in [0, 0.05) is 12.6 Å². The van der Waals surface area contributed by atoms with Gasteiger partial charge < -0.3 is 39.9 Å². The van der Waals surface area contributed by atoms with Crippen LogP contribution in [-0.4, -0.2) is 96.1 Å². The van der Waals surface area contributed by atoms with Crippen LogP contribution in [0, 0.1) is 3.57 Å². The Balaban J connectivity index is 1.65. The number of nitrogens with zero attached hydrogens (tertiary/aromatic N) is 1. The van der Waals surface area contributed by atoms with Crippen molar-refractivity contribution in [2.75, 3.05) is 13.2 Å². The van der Waals surface area contributed by atoms with E-state index in [0.717, 1.165) is 4.57 Å². The summed E-state index contributed by atoms with van der Waals surface area (Å²) in [5.74, 6) is 0. The fraction of sp³-hybridized carbons (Fsp3) is 0.733. The van der Waals surface area contributed by atoms with Crippen molar-refractivity contribution >= 4 is 30.4 Å². The number of ether oxygens (including phenoxy) is 2. The molecule has 32 heavy (non-hydrogen) atoms. The Hall–Kier alpha value is -0.760. The van der Waals surface area contributed by atoms with E-state index in [9.17, 15) is 44.6 Å². The maximum Gasteiger partial charge on any atom is 0.472 e. The molecule has 1 aromatic rings. The molecule has 2 aliphatic rings. The number of hydrogen-bond donors (Lipinski definition) is 7. The first-order valence-electron chi connectivity index (χ1n) is 9.24. The van der Waals surface area contributed by atoms with Crippen LogP contribution >= 0.6 is 30.4 Å². The molecule has 15 nitrogen and oxygen atoms in total. The molecule has 0 aliphatic carbocycles. The lowest BCUT2D eigenvalue weighted by atomic mass is 10.00. The Kier molecular flexibility index (Phi) is 8.28. The Morgan fingerprint density at radius 2 is 1.84 bits per heavy atom. The van der Waals surface area contributed by atoms with Crippen molar-refractivity contribution < 1.29 is 53.5 Å². The van der Waals surface area contributed by atoms with Gasteiger partial charge in [-0.2, -0.15) is 0 Å². The topological polar surface area (TPSA) is 230 Å². The van der Waals surface area contributed by atoms with Gasteiger partial charge in [0.1, 0.15) is 42.9 Å². The van der Waals surface area contributed by atoms with Crippen LogP contribution < -0.4 is 11.2 Å². The number of aromatic nitrogens is 2. The van der Waals surface area contributed by atoms with E-state index in [0.29, 0.717) is 0 Å². The lowest BCUT2D eigenvalue weighted by Gasteiger charge is -2.38. The quantitative estimate of drug-likeness (QED) is 0.121. The minimum atomic E-state index is -4.84. The predicted octanol–water partition coefficient (Wildman–Crippen LogP) is -3.28. The highest BCUT2D eigenvalue weighted by molar-refractivity contribution is 14.1. The molecule has 0 spiro atoms. The molecule has 0 aromatic carbocycles. The molecular weight excluding hydrogens is 574 g/mol. The van der Waals surface area contributed by atoms with Gasteiger partial charge in [-0.1, -0.05) is 0 Å². The third-order valence-electron chi connectivity index (χ3n) is 4.95. The zero-order valence-electron chi connectivity index (χ0n) is 16.1. The molecule has 1 aromatic heterocycles. The average Bonchev–Trinajstić information content (AvgIpc) is 3.12. The molecular formula is C15H22IN2O13P. The summed E-state index contributed by atoms with van der Waals surface area (Å²) in [7, 11) is -4.84. The van der Waals surface area contributed by atoms with Crippen molar-refractivity contribution in [1.82, 2.24) is 9.55 Å². The van der Waals surface area contributed by atoms with Crippen molar-refractivity contribution in [1.29, 1.82) is 0 Å². The molecule has 9 atom stereocenters. The molecule has 0 amide bonds. The number of nitrogens with one attached hydrogen (secondary N) is 1. The van der Waals surface area contributed by atoms with Crippen molar-refractivity contribution in [3.05, 3.63) is 30.6 Å². The van der Waals surface area contributed by atoms with E-state index in [1.807, 2.05) is 0 Å². The summed E-state index contributed by atoms with van der Waals surface area (Å²) in [5.41, 5.74) is -1.39. The third-order valence-corrected chi connectivity index (χ3v) is 6.73. The standard InChI is InChI=1S/C15H22IN2O13P/c16-5-2-18(15(25)17-13(5)23)9-1-6(7(3-19)29-9)31-32(26,27)28-4-8-10(20)11(21)12(22)14(24)30-8/h2,6-12,14,19-22,24H,1,3-4H2,(H,26,27)(H,17,23,25)/t6-,7+,8+,9+,10+,11-,12+,14-/m0/s1. The number of phosphoric ester groups is 1. The van der Waals surface area contributed by atoms with E-state index in [1.165, 1.54) is 6.20 Å². The van der Waals surface area contributed by atoms with E-state index in [1.54, 1.807) is 22.6 Å². The van der Waals surface area contributed by atoms with Crippen LogP contribution in [0.5, 0.6) is 0 Å². The average molecular weight is 596 g/mol. The number of rotatable bonds is 7. The number of hydrogen-bond acceptors (Lipinski definition) is 12. The second-order valence-electron chi connectivity index (χ2n) is 7.14. The third kappa shape index (κ3) is 5.65. The minimum Gasteiger partial charge on any atom is -0.394 e. The SMILES string of the molecule is O=c1[nH]c(=O)n([C@H]2C[C@H](OP(=O)(O)OC[C@H]3O[C@H](O)[C@H](O)[C@@H](O)[C@@H]3O)[C@@H](CO)O2)cc1I. The largest absolute Gasteiger partial charge is 0.472 e. The van der Waals surface area contributed by atoms with Gasteiger partial charge in [-0.25, -0.2) is 9.36 Å². The molecule has 182 valence electrons. The van der Waals surface area contributed by atoms with Crippen LogP contribution in [0.2, 0.25) is 0 Å². The zero-order chi connectivity index (χ0) is 23.8. The number of aromatic amines is 1. The fourth-order valence-electron chi connectivity index (χ4n) is 3.26. The van der Waals surface area contributed by atoms with Crippen LogP contribution in [0.25, 0.3) is 0 Å². The maximum absolute atomic E-state index is 12.4. The highest BCUT2D eigenvalue weighted by Gasteiger charge is 2.45. The summed E-state index contributed by atoms with van der Waals surface area (Å²) < 4.78 is 33.8. The van der Waals surface area contributed by atoms with Gasteiger partial charge in [-0.15, -0.1) is 0 Å². The van der Waals surface area contributed by atoms with E-state index >= 15 is 0 Å². The number of aliphatic hydroxyl groups excluding tert-OH is 5. The highest BCUT2D eigenvalue weighted by Crippen LogP contribution is 2.48. The van der Waals surface area contributed by atoms with E-state index in [2.05, 4.69) is 4.98 Å². The van der Waals surface area contributed by atoms with Gasteiger partial charge >= 0.3 is 13.5 Å². The molecule has 2 aliphatic heterocycles. The number of H-pyrrole nitrogens is 1. The monoisotopic (exact) mass is 596 g/mol. The van der Waals surface area contributed by atoms with Crippen LogP contribution in [0.4, 0.5) is 0 Å². The fourth-order valence-corrected chi connectivity index (χ4v) is 4.65. The minimum absolute atomic E-state index is 0.159. The summed E-state index contributed by atoms with van der Waals surface area (Å²) in [6, 6.07) is 0. The first kappa shape index (κ1) is 25.9. The summed E-state index contributed by atoms with van der Waals surface area (Å²) in [6.45, 7) is -1.43. The van der Waals surface area contributed by atoms with Crippen molar-refractivity contribution in [2.45, 2.75) is 55.6 Å². The first-order chi connectivity index (χ1) is 14.9. The van der Waals surface area contributed by atoms with Gasteiger partial charge in [-0.3, -0.25) is 23.4 Å². The van der Waals surface area contributed by atoms with Crippen molar-refractivity contribution in [3.63, 3.8) is 0 Å². The molecule has 7 N–H and O–H groups in total. The van der Waals surface area contributed by atoms with E-state index in [4.69, 9.17) is 18.5 Å². The van der Waals surface area contributed by atoms with Gasteiger partial charge in [0.2, 0.25) is 0 Å². The molecule has 17 heteroatoms. The van der Waals surface area contributed by atoms with Crippen LogP contribution in [-0.2, 0) is 23.1 Å². The van der Waals surface area contributed by atoms with Crippen molar-refractivity contribution in [3.8, 4) is 0 Å². The molecule has 1 unspecified atom stereocenters. The summed E-state index contributed by atoms with van der Waals surface area (Å²) >= 11 is 1.71. The van der Waals surface area contributed by atoms with Crippen LogP contribution in [0.3, 0.4) is 0 Å². The number of phosphoric acid groups is 1. The second-order valence-corrected chi connectivity index (χ2v) is 9.70. The van der Waals surface area contributed by atoms with Crippen LogP contribution in [0.15, 0.2) is 15.8 Å². The summed E-state index contributed by atoms with van der Waals surface area (Å²) in [6.07, 6.45) is -10.9. The Bertz CT molecular complexity index is 971. The normalized spacial score (nSPS) is 37.3. The molecule has 0 bridgehead atoms. The van der Waals surface area contributed by atoms with E-state index < -0.39 is 81.4 Å². The Morgan fingerprint density at radius 3 is 2.50 bits per heavy atom. The predicted molar refractivity (Wildman–Crippen MR) is 109 cm³/mol. The van der Waals surface area contributed by atoms with E-state index in [-0.39, 0.29) is 9.99 Å². The molecule has 0 radical (unpaired) electrons. The molecule has 3 rings (SSSR count). The molecule has 2 saturated heterocycles. The van der Waals surface area contributed by atoms with Gasteiger partial charge in [-0.05, 0) is 22.6 Å². The lowest BCUT2D eigenvalue weighted by molar-refractivity contribution is -0.285. The van der Waals surface area contributed by atoms with Gasteiger partial charge in [0.25, 0.3) is 5.56 Å². The number of aliphatic hydroxyl groups is 5. The molecule has 3 heterocycles. The Labute approximate surface area is 192 Å². The molecule has 2 fully saturated rings. The smallest absolute Gasteiger partial charge is 0.394 e. The summed E-state index contributed by atoms with van der Waals surface area (Å²) in [5, 5.41) is 48.0. The Morgan fingerprint density at radius 1 is 1.16 bits per heavy atom. The van der Waals surface area contributed by atoms with Crippen LogP contribution in [0.1, 0.15) is 12.6 Å². The number of halogens is 1. The second kappa shape index (κ2) is 10.2. The van der Waals surface area contributed by atoms with Crippen molar-refractivity contribution in [2.24, 2.45) is 0 Å². The summed E-state index contributed by atoms with van der Waals surface area (Å²) in [4.78, 5) is 35.7. The first-order valence-corrected chi connectivity index (χ1v) is 11.8. The maximum atomic E-state index is 12.4. The molecule has 0 saturated carbocycles. The highest BCUT2D eigenvalue weighted by atomic mass is 127. The van der Waals surface area contributed by atoms with Gasteiger partial charge in [0.15, 0.2) is 6.29 Å². The lowest BCUT2D eigenvalue weighted by Crippen LogP contribution is -2.58. The zero-order valence-corrected chi connectivity index (χ0v) is 19.2. The van der Waals surface area contributed by atoms with Gasteiger partial charge in [0.05, 0.1) is 16.8 Å².